The number of rotatable bonds is 4. The maximum Gasteiger partial charge on any atom is 0.248 e. The summed E-state index contributed by atoms with van der Waals surface area (Å²) < 4.78 is 26.7. The Morgan fingerprint density at radius 2 is 2.00 bits per heavy atom. The van der Waals surface area contributed by atoms with E-state index in [1.807, 2.05) is 0 Å². The van der Waals surface area contributed by atoms with Crippen LogP contribution in [0.25, 0.3) is 0 Å². The maximum atomic E-state index is 13.4. The van der Waals surface area contributed by atoms with Crippen LogP contribution in [0.2, 0.25) is 0 Å². The summed E-state index contributed by atoms with van der Waals surface area (Å²) >= 11 is 0. The van der Waals surface area contributed by atoms with E-state index in [4.69, 9.17) is 5.73 Å². The molecule has 1 nitrogen and oxygen atoms in total. The molecule has 0 aliphatic heterocycles. The highest BCUT2D eigenvalue weighted by Gasteiger charge is 2.49. The molecule has 14 heavy (non-hydrogen) atoms. The van der Waals surface area contributed by atoms with Crippen molar-refractivity contribution < 1.29 is 8.78 Å². The van der Waals surface area contributed by atoms with Crippen LogP contribution >= 0.6 is 0 Å². The minimum atomic E-state index is -2.54. The van der Waals surface area contributed by atoms with E-state index in [0.717, 1.165) is 39.0 Å². The fraction of sp³-hybridized carbons (Fsp3) is 1.00. The Morgan fingerprint density at radius 3 is 2.29 bits per heavy atom. The standard InChI is InChI=1S/C11H19F2N/c1-10(12,13)9(8-3-2-4-8)7-11(14)5-6-11/h8-9H,2-7,14H2,1H3. The van der Waals surface area contributed by atoms with Crippen molar-refractivity contribution in [1.82, 2.24) is 0 Å². The second-order valence-electron chi connectivity index (χ2n) is 5.32. The van der Waals surface area contributed by atoms with Gasteiger partial charge in [0, 0.05) is 11.5 Å². The highest BCUT2D eigenvalue weighted by molar-refractivity contribution is 5.03. The average Bonchev–Trinajstić information content (AvgIpc) is 2.61. The number of nitrogens with two attached hydrogens (primary N) is 1. The number of hydrogen-bond donors (Lipinski definition) is 1. The van der Waals surface area contributed by atoms with Crippen LogP contribution in [0.3, 0.4) is 0 Å². The van der Waals surface area contributed by atoms with Crippen LogP contribution in [-0.2, 0) is 0 Å². The summed E-state index contributed by atoms with van der Waals surface area (Å²) in [6.45, 7) is 1.06. The first-order valence-corrected chi connectivity index (χ1v) is 5.57. The van der Waals surface area contributed by atoms with E-state index in [1.165, 1.54) is 0 Å². The Hall–Kier alpha value is -0.180. The molecule has 0 amide bonds. The lowest BCUT2D eigenvalue weighted by molar-refractivity contribution is -0.0843. The molecule has 2 fully saturated rings. The Morgan fingerprint density at radius 1 is 1.43 bits per heavy atom. The van der Waals surface area contributed by atoms with E-state index < -0.39 is 11.8 Å². The van der Waals surface area contributed by atoms with E-state index in [-0.39, 0.29) is 11.5 Å². The molecule has 82 valence electrons. The first-order chi connectivity index (χ1) is 6.41. The van der Waals surface area contributed by atoms with Crippen molar-refractivity contribution in [2.24, 2.45) is 17.6 Å². The lowest BCUT2D eigenvalue weighted by Gasteiger charge is -2.38. The van der Waals surface area contributed by atoms with Gasteiger partial charge in [0.1, 0.15) is 0 Å². The molecule has 1 unspecified atom stereocenters. The van der Waals surface area contributed by atoms with Crippen molar-refractivity contribution in [2.75, 3.05) is 0 Å². The Kier molecular flexibility index (Phi) is 2.33. The third kappa shape index (κ3) is 2.08. The predicted octanol–water partition coefficient (Wildman–Crippen LogP) is 2.94. The van der Waals surface area contributed by atoms with E-state index in [1.54, 1.807) is 0 Å². The molecule has 1 atom stereocenters. The van der Waals surface area contributed by atoms with E-state index >= 15 is 0 Å². The van der Waals surface area contributed by atoms with Gasteiger partial charge >= 0.3 is 0 Å². The zero-order chi connectivity index (χ0) is 10.4. The van der Waals surface area contributed by atoms with Gasteiger partial charge in [-0.25, -0.2) is 8.78 Å². The summed E-state index contributed by atoms with van der Waals surface area (Å²) in [5.41, 5.74) is 5.69. The number of halogens is 2. The molecule has 0 aromatic heterocycles. The van der Waals surface area contributed by atoms with Crippen LogP contribution in [0, 0.1) is 11.8 Å². The Balaban J connectivity index is 1.98. The van der Waals surface area contributed by atoms with Gasteiger partial charge in [0.25, 0.3) is 0 Å². The van der Waals surface area contributed by atoms with Crippen LogP contribution in [0.5, 0.6) is 0 Å². The molecule has 2 aliphatic carbocycles. The molecule has 3 heteroatoms. The van der Waals surface area contributed by atoms with Gasteiger partial charge < -0.3 is 5.73 Å². The van der Waals surface area contributed by atoms with Crippen molar-refractivity contribution in [3.05, 3.63) is 0 Å². The molecule has 2 rings (SSSR count). The van der Waals surface area contributed by atoms with Gasteiger partial charge in [0.2, 0.25) is 5.92 Å². The normalized spacial score (nSPS) is 28.3. The molecule has 0 bridgehead atoms. The Labute approximate surface area is 84.0 Å². The van der Waals surface area contributed by atoms with Crippen LogP contribution in [-0.4, -0.2) is 11.5 Å². The van der Waals surface area contributed by atoms with Crippen LogP contribution in [0.4, 0.5) is 8.78 Å². The van der Waals surface area contributed by atoms with Crippen molar-refractivity contribution >= 4 is 0 Å². The molecule has 0 saturated heterocycles. The smallest absolute Gasteiger partial charge is 0.248 e. The van der Waals surface area contributed by atoms with E-state index in [2.05, 4.69) is 0 Å². The van der Waals surface area contributed by atoms with E-state index in [9.17, 15) is 8.78 Å². The topological polar surface area (TPSA) is 26.0 Å². The minimum Gasteiger partial charge on any atom is -0.325 e. The molecular formula is C11H19F2N. The zero-order valence-corrected chi connectivity index (χ0v) is 8.73. The van der Waals surface area contributed by atoms with Gasteiger partial charge in [-0.1, -0.05) is 6.42 Å². The van der Waals surface area contributed by atoms with Crippen molar-refractivity contribution in [1.29, 1.82) is 0 Å². The van der Waals surface area contributed by atoms with E-state index in [0.29, 0.717) is 6.42 Å². The Bertz CT molecular complexity index is 214. The molecule has 0 radical (unpaired) electrons. The fourth-order valence-electron chi connectivity index (χ4n) is 2.40. The third-order valence-corrected chi connectivity index (χ3v) is 3.89. The molecule has 0 heterocycles. The van der Waals surface area contributed by atoms with Gasteiger partial charge in [-0.2, -0.15) is 0 Å². The molecule has 0 spiro atoms. The summed E-state index contributed by atoms with van der Waals surface area (Å²) in [7, 11) is 0. The second kappa shape index (κ2) is 3.16. The zero-order valence-electron chi connectivity index (χ0n) is 8.73. The van der Waals surface area contributed by atoms with Gasteiger partial charge in [-0.05, 0) is 44.9 Å². The first kappa shape index (κ1) is 10.3. The molecular weight excluding hydrogens is 184 g/mol. The van der Waals surface area contributed by atoms with Crippen molar-refractivity contribution in [2.45, 2.75) is 56.9 Å². The minimum absolute atomic E-state index is 0.232. The van der Waals surface area contributed by atoms with Crippen LogP contribution in [0.1, 0.15) is 45.4 Å². The summed E-state index contributed by atoms with van der Waals surface area (Å²) in [6, 6.07) is 0. The highest BCUT2D eigenvalue weighted by Crippen LogP contribution is 2.49. The lowest BCUT2D eigenvalue weighted by Crippen LogP contribution is -2.40. The average molecular weight is 203 g/mol. The maximum absolute atomic E-state index is 13.4. The summed E-state index contributed by atoms with van der Waals surface area (Å²) in [5, 5.41) is 0. The molecule has 2 aliphatic rings. The number of hydrogen-bond acceptors (Lipinski definition) is 1. The van der Waals surface area contributed by atoms with Crippen molar-refractivity contribution in [3.8, 4) is 0 Å². The SMILES string of the molecule is CC(F)(F)C(CC1(N)CC1)C1CCC1. The quantitative estimate of drug-likeness (QED) is 0.747. The predicted molar refractivity (Wildman–Crippen MR) is 52.2 cm³/mol. The summed E-state index contributed by atoms with van der Waals surface area (Å²) in [4.78, 5) is 0. The highest BCUT2D eigenvalue weighted by atomic mass is 19.3. The van der Waals surface area contributed by atoms with Crippen LogP contribution < -0.4 is 5.73 Å². The molecule has 2 saturated carbocycles. The molecule has 0 aromatic carbocycles. The largest absolute Gasteiger partial charge is 0.325 e. The summed E-state index contributed by atoms with van der Waals surface area (Å²) in [5.74, 6) is -2.78. The summed E-state index contributed by atoms with van der Waals surface area (Å²) in [6.07, 6.45) is 5.48. The molecule has 2 N–H and O–H groups in total. The third-order valence-electron chi connectivity index (χ3n) is 3.89. The van der Waals surface area contributed by atoms with Crippen molar-refractivity contribution in [3.63, 3.8) is 0 Å². The fourth-order valence-corrected chi connectivity index (χ4v) is 2.40. The van der Waals surface area contributed by atoms with Gasteiger partial charge in [0.15, 0.2) is 0 Å². The van der Waals surface area contributed by atoms with Gasteiger partial charge in [-0.3, -0.25) is 0 Å². The van der Waals surface area contributed by atoms with Gasteiger partial charge in [0.05, 0.1) is 0 Å². The molecule has 0 aromatic rings. The second-order valence-corrected chi connectivity index (χ2v) is 5.32. The van der Waals surface area contributed by atoms with Gasteiger partial charge in [-0.15, -0.1) is 0 Å². The lowest BCUT2D eigenvalue weighted by atomic mass is 9.71. The van der Waals surface area contributed by atoms with Crippen LogP contribution in [0.15, 0.2) is 0 Å². The first-order valence-electron chi connectivity index (χ1n) is 5.57. The monoisotopic (exact) mass is 203 g/mol. The number of alkyl halides is 2.